The first-order chi connectivity index (χ1) is 7.19. The maximum absolute atomic E-state index is 11.9. The molecule has 0 radical (unpaired) electrons. The van der Waals surface area contributed by atoms with Gasteiger partial charge in [-0.3, -0.25) is 4.79 Å². The minimum absolute atomic E-state index is 0.106. The Morgan fingerprint density at radius 2 is 2.00 bits per heavy atom. The molecule has 1 fully saturated rings. The molecule has 0 aromatic heterocycles. The van der Waals surface area contributed by atoms with E-state index in [0.717, 1.165) is 32.4 Å². The summed E-state index contributed by atoms with van der Waals surface area (Å²) in [6, 6.07) is 0. The topological polar surface area (TPSA) is 38.3 Å². The van der Waals surface area contributed by atoms with E-state index in [2.05, 4.69) is 12.2 Å². The number of carbonyl (C=O) groups excluding carboxylic acids is 1. The van der Waals surface area contributed by atoms with Gasteiger partial charge in [0.1, 0.15) is 0 Å². The van der Waals surface area contributed by atoms with E-state index >= 15 is 0 Å². The van der Waals surface area contributed by atoms with Crippen molar-refractivity contribution in [3.05, 3.63) is 0 Å². The molecule has 3 heteroatoms. The molecule has 1 aliphatic rings. The molecule has 0 atom stereocenters. The van der Waals surface area contributed by atoms with Gasteiger partial charge in [-0.2, -0.15) is 0 Å². The van der Waals surface area contributed by atoms with Gasteiger partial charge < -0.3 is 10.1 Å². The second kappa shape index (κ2) is 6.11. The van der Waals surface area contributed by atoms with Crippen LogP contribution in [0, 0.1) is 5.41 Å². The lowest BCUT2D eigenvalue weighted by atomic mass is 9.75. The molecule has 0 aromatic carbocycles. The van der Waals surface area contributed by atoms with Crippen molar-refractivity contribution in [2.45, 2.75) is 45.4 Å². The summed E-state index contributed by atoms with van der Waals surface area (Å²) in [4.78, 5) is 11.9. The molecule has 88 valence electrons. The van der Waals surface area contributed by atoms with Gasteiger partial charge in [0.15, 0.2) is 0 Å². The van der Waals surface area contributed by atoms with E-state index in [0.29, 0.717) is 0 Å². The van der Waals surface area contributed by atoms with Crippen molar-refractivity contribution in [2.24, 2.45) is 5.41 Å². The van der Waals surface area contributed by atoms with Crippen molar-refractivity contribution in [2.75, 3.05) is 20.3 Å². The Labute approximate surface area is 92.6 Å². The lowest BCUT2D eigenvalue weighted by Crippen LogP contribution is -2.40. The summed E-state index contributed by atoms with van der Waals surface area (Å²) < 4.78 is 4.94. The number of nitrogens with one attached hydrogen (secondary N) is 1. The van der Waals surface area contributed by atoms with Gasteiger partial charge >= 0.3 is 0 Å². The first-order valence-electron chi connectivity index (χ1n) is 5.96. The number of rotatable bonds is 5. The van der Waals surface area contributed by atoms with E-state index in [1.807, 2.05) is 0 Å². The van der Waals surface area contributed by atoms with E-state index in [-0.39, 0.29) is 11.3 Å². The second-order valence-corrected chi connectivity index (χ2v) is 4.72. The van der Waals surface area contributed by atoms with Crippen LogP contribution in [0.25, 0.3) is 0 Å². The SMILES string of the molecule is COCCCNC(=O)C1(C)CCCCC1. The fourth-order valence-electron chi connectivity index (χ4n) is 2.19. The molecule has 0 saturated heterocycles. The molecule has 1 amide bonds. The largest absolute Gasteiger partial charge is 0.385 e. The zero-order chi connectivity index (χ0) is 11.1. The van der Waals surface area contributed by atoms with Gasteiger partial charge in [0, 0.05) is 25.7 Å². The van der Waals surface area contributed by atoms with Crippen LogP contribution < -0.4 is 5.32 Å². The monoisotopic (exact) mass is 213 g/mol. The van der Waals surface area contributed by atoms with Crippen LogP contribution in [0.1, 0.15) is 45.4 Å². The lowest BCUT2D eigenvalue weighted by molar-refractivity contribution is -0.131. The summed E-state index contributed by atoms with van der Waals surface area (Å²) in [5, 5.41) is 3.01. The van der Waals surface area contributed by atoms with E-state index in [1.54, 1.807) is 7.11 Å². The van der Waals surface area contributed by atoms with Gasteiger partial charge in [-0.05, 0) is 19.3 Å². The summed E-state index contributed by atoms with van der Waals surface area (Å²) in [6.45, 7) is 3.55. The summed E-state index contributed by atoms with van der Waals surface area (Å²) in [5.41, 5.74) is -0.106. The van der Waals surface area contributed by atoms with Gasteiger partial charge in [-0.25, -0.2) is 0 Å². The second-order valence-electron chi connectivity index (χ2n) is 4.72. The van der Waals surface area contributed by atoms with Crippen LogP contribution in [0.3, 0.4) is 0 Å². The number of methoxy groups -OCH3 is 1. The summed E-state index contributed by atoms with van der Waals surface area (Å²) in [6.07, 6.45) is 6.67. The Morgan fingerprint density at radius 1 is 1.33 bits per heavy atom. The van der Waals surface area contributed by atoms with Gasteiger partial charge in [-0.1, -0.05) is 26.2 Å². The van der Waals surface area contributed by atoms with Crippen molar-refractivity contribution in [3.8, 4) is 0 Å². The maximum Gasteiger partial charge on any atom is 0.225 e. The quantitative estimate of drug-likeness (QED) is 0.710. The predicted molar refractivity (Wildman–Crippen MR) is 60.7 cm³/mol. The molecule has 1 N–H and O–H groups in total. The van der Waals surface area contributed by atoms with Crippen LogP contribution >= 0.6 is 0 Å². The average Bonchev–Trinajstić information content (AvgIpc) is 2.25. The third-order valence-corrected chi connectivity index (χ3v) is 3.32. The number of carbonyl (C=O) groups is 1. The highest BCUT2D eigenvalue weighted by atomic mass is 16.5. The van der Waals surface area contributed by atoms with Crippen LogP contribution in [0.4, 0.5) is 0 Å². The molecule has 0 aromatic rings. The van der Waals surface area contributed by atoms with Crippen LogP contribution in [-0.4, -0.2) is 26.2 Å². The Kier molecular flexibility index (Phi) is 5.09. The van der Waals surface area contributed by atoms with Gasteiger partial charge in [0.25, 0.3) is 0 Å². The summed E-state index contributed by atoms with van der Waals surface area (Å²) >= 11 is 0. The Bertz CT molecular complexity index is 198. The van der Waals surface area contributed by atoms with Crippen molar-refractivity contribution in [1.29, 1.82) is 0 Å². The number of hydrogen-bond donors (Lipinski definition) is 1. The lowest BCUT2D eigenvalue weighted by Gasteiger charge is -2.32. The zero-order valence-corrected chi connectivity index (χ0v) is 9.97. The highest BCUT2D eigenvalue weighted by Crippen LogP contribution is 2.35. The molecular weight excluding hydrogens is 190 g/mol. The first-order valence-corrected chi connectivity index (χ1v) is 5.96. The van der Waals surface area contributed by atoms with E-state index in [9.17, 15) is 4.79 Å². The highest BCUT2D eigenvalue weighted by molar-refractivity contribution is 5.82. The summed E-state index contributed by atoms with van der Waals surface area (Å²) in [7, 11) is 1.68. The van der Waals surface area contributed by atoms with Crippen LogP contribution in [-0.2, 0) is 9.53 Å². The zero-order valence-electron chi connectivity index (χ0n) is 9.97. The Hall–Kier alpha value is -0.570. The number of amides is 1. The Balaban J connectivity index is 2.25. The third kappa shape index (κ3) is 3.82. The fourth-order valence-corrected chi connectivity index (χ4v) is 2.19. The minimum atomic E-state index is -0.106. The molecule has 0 aliphatic heterocycles. The summed E-state index contributed by atoms with van der Waals surface area (Å²) in [5.74, 6) is 0.235. The van der Waals surface area contributed by atoms with Gasteiger partial charge in [0.05, 0.1) is 0 Å². The minimum Gasteiger partial charge on any atom is -0.385 e. The molecule has 0 spiro atoms. The van der Waals surface area contributed by atoms with Crippen molar-refractivity contribution >= 4 is 5.91 Å². The highest BCUT2D eigenvalue weighted by Gasteiger charge is 2.33. The van der Waals surface area contributed by atoms with Crippen LogP contribution in [0.5, 0.6) is 0 Å². The molecule has 0 heterocycles. The average molecular weight is 213 g/mol. The fraction of sp³-hybridized carbons (Fsp3) is 0.917. The molecule has 3 nitrogen and oxygen atoms in total. The third-order valence-electron chi connectivity index (χ3n) is 3.32. The van der Waals surface area contributed by atoms with Gasteiger partial charge in [-0.15, -0.1) is 0 Å². The standard InChI is InChI=1S/C12H23NO2/c1-12(7-4-3-5-8-12)11(14)13-9-6-10-15-2/h3-10H2,1-2H3,(H,13,14). The maximum atomic E-state index is 11.9. The molecule has 1 rings (SSSR count). The van der Waals surface area contributed by atoms with Crippen molar-refractivity contribution in [3.63, 3.8) is 0 Å². The molecule has 1 saturated carbocycles. The number of ether oxygens (including phenoxy) is 1. The van der Waals surface area contributed by atoms with E-state index < -0.39 is 0 Å². The molecule has 0 unspecified atom stereocenters. The Morgan fingerprint density at radius 3 is 2.60 bits per heavy atom. The van der Waals surface area contributed by atoms with E-state index in [1.165, 1.54) is 19.3 Å². The molecule has 1 aliphatic carbocycles. The smallest absolute Gasteiger partial charge is 0.225 e. The molecule has 0 bridgehead atoms. The first kappa shape index (κ1) is 12.5. The number of hydrogen-bond acceptors (Lipinski definition) is 2. The predicted octanol–water partition coefficient (Wildman–Crippen LogP) is 2.11. The van der Waals surface area contributed by atoms with Crippen LogP contribution in [0.15, 0.2) is 0 Å². The van der Waals surface area contributed by atoms with Gasteiger partial charge in [0.2, 0.25) is 5.91 Å². The van der Waals surface area contributed by atoms with Crippen LogP contribution in [0.2, 0.25) is 0 Å². The van der Waals surface area contributed by atoms with E-state index in [4.69, 9.17) is 4.74 Å². The molecule has 15 heavy (non-hydrogen) atoms. The molecular formula is C12H23NO2. The van der Waals surface area contributed by atoms with Crippen molar-refractivity contribution < 1.29 is 9.53 Å². The normalized spacial score (nSPS) is 19.9. The van der Waals surface area contributed by atoms with Crippen molar-refractivity contribution in [1.82, 2.24) is 5.32 Å².